The molecule has 130 valence electrons. The number of aryl methyl sites for hydroxylation is 1. The van der Waals surface area contributed by atoms with E-state index in [9.17, 15) is 13.2 Å². The summed E-state index contributed by atoms with van der Waals surface area (Å²) in [6.07, 6.45) is 2.87. The highest BCUT2D eigenvalue weighted by atomic mass is 32.2. The van der Waals surface area contributed by atoms with E-state index in [-0.39, 0.29) is 11.3 Å². The third kappa shape index (κ3) is 4.08. The normalized spacial score (nSPS) is 11.8. The lowest BCUT2D eigenvalue weighted by molar-refractivity contribution is 0.603. The molecule has 0 spiro atoms. The standard InChI is InChI=1S/C17H17N3O3S2/c1-12-7-8-15(18-11-12)20-16(21)13-5-3-4-6-14(13)19-17(20)24-9-10-25(2,22)23/h3-8,11H,9-10H2,1-2H3. The maximum absolute atomic E-state index is 12.9. The second-order valence-electron chi connectivity index (χ2n) is 5.72. The van der Waals surface area contributed by atoms with Crippen molar-refractivity contribution >= 4 is 32.5 Å². The minimum absolute atomic E-state index is 0.0156. The van der Waals surface area contributed by atoms with Crippen LogP contribution in [0.3, 0.4) is 0 Å². The van der Waals surface area contributed by atoms with Gasteiger partial charge in [-0.3, -0.25) is 4.79 Å². The molecule has 25 heavy (non-hydrogen) atoms. The number of rotatable bonds is 5. The molecule has 0 unspecified atom stereocenters. The van der Waals surface area contributed by atoms with Crippen LogP contribution in [0.15, 0.2) is 52.5 Å². The molecular formula is C17H17N3O3S2. The molecule has 0 N–H and O–H groups in total. The molecule has 0 saturated carbocycles. The molecule has 0 amide bonds. The minimum Gasteiger partial charge on any atom is -0.268 e. The van der Waals surface area contributed by atoms with Crippen LogP contribution in [0.25, 0.3) is 16.7 Å². The van der Waals surface area contributed by atoms with E-state index in [1.54, 1.807) is 30.5 Å². The number of fused-ring (bicyclic) bond motifs is 1. The van der Waals surface area contributed by atoms with E-state index in [0.717, 1.165) is 5.56 Å². The van der Waals surface area contributed by atoms with E-state index in [0.29, 0.717) is 27.6 Å². The van der Waals surface area contributed by atoms with E-state index in [1.807, 2.05) is 19.1 Å². The van der Waals surface area contributed by atoms with E-state index in [2.05, 4.69) is 9.97 Å². The largest absolute Gasteiger partial charge is 0.268 e. The van der Waals surface area contributed by atoms with Crippen molar-refractivity contribution in [3.63, 3.8) is 0 Å². The summed E-state index contributed by atoms with van der Waals surface area (Å²) < 4.78 is 24.2. The van der Waals surface area contributed by atoms with Gasteiger partial charge in [-0.1, -0.05) is 30.0 Å². The SMILES string of the molecule is Cc1ccc(-n2c(SCCS(C)(=O)=O)nc3ccccc3c2=O)nc1. The molecule has 0 radical (unpaired) electrons. The molecule has 0 aliphatic rings. The summed E-state index contributed by atoms with van der Waals surface area (Å²) in [4.78, 5) is 21.8. The van der Waals surface area contributed by atoms with Crippen molar-refractivity contribution in [2.45, 2.75) is 12.1 Å². The Bertz CT molecular complexity index is 1070. The Morgan fingerprint density at radius 3 is 2.60 bits per heavy atom. The van der Waals surface area contributed by atoms with Gasteiger partial charge in [-0.25, -0.2) is 23.0 Å². The number of thioether (sulfide) groups is 1. The second kappa shape index (κ2) is 6.97. The number of pyridine rings is 1. The molecule has 6 nitrogen and oxygen atoms in total. The molecular weight excluding hydrogens is 358 g/mol. The zero-order valence-electron chi connectivity index (χ0n) is 13.8. The Morgan fingerprint density at radius 1 is 1.16 bits per heavy atom. The average Bonchev–Trinajstić information content (AvgIpc) is 2.55. The van der Waals surface area contributed by atoms with Gasteiger partial charge in [0, 0.05) is 18.2 Å². The van der Waals surface area contributed by atoms with Gasteiger partial charge in [-0.2, -0.15) is 0 Å². The number of para-hydroxylation sites is 1. The molecule has 0 aliphatic heterocycles. The molecule has 1 aromatic carbocycles. The first-order valence-electron chi connectivity index (χ1n) is 7.60. The molecule has 8 heteroatoms. The van der Waals surface area contributed by atoms with Crippen LogP contribution in [0.1, 0.15) is 5.56 Å². The van der Waals surface area contributed by atoms with Crippen LogP contribution in [-0.2, 0) is 9.84 Å². The monoisotopic (exact) mass is 375 g/mol. The summed E-state index contributed by atoms with van der Waals surface area (Å²) in [5.41, 5.74) is 1.35. The summed E-state index contributed by atoms with van der Waals surface area (Å²) >= 11 is 1.23. The van der Waals surface area contributed by atoms with Crippen molar-refractivity contribution in [2.75, 3.05) is 17.8 Å². The van der Waals surface area contributed by atoms with E-state index in [4.69, 9.17) is 0 Å². The molecule has 0 fully saturated rings. The Hall–Kier alpha value is -2.19. The van der Waals surface area contributed by atoms with Gasteiger partial charge in [0.15, 0.2) is 5.16 Å². The van der Waals surface area contributed by atoms with Gasteiger partial charge >= 0.3 is 0 Å². The third-order valence-corrected chi connectivity index (χ3v) is 5.70. The average molecular weight is 375 g/mol. The van der Waals surface area contributed by atoms with Crippen LogP contribution >= 0.6 is 11.8 Å². The van der Waals surface area contributed by atoms with Gasteiger partial charge in [0.1, 0.15) is 15.7 Å². The van der Waals surface area contributed by atoms with Crippen molar-refractivity contribution in [1.82, 2.24) is 14.5 Å². The summed E-state index contributed by atoms with van der Waals surface area (Å²) in [5.74, 6) is 0.799. The van der Waals surface area contributed by atoms with E-state index in [1.165, 1.54) is 22.6 Å². The van der Waals surface area contributed by atoms with Crippen molar-refractivity contribution in [2.24, 2.45) is 0 Å². The van der Waals surface area contributed by atoms with Crippen LogP contribution < -0.4 is 5.56 Å². The number of hydrogen-bond donors (Lipinski definition) is 0. The van der Waals surface area contributed by atoms with Crippen molar-refractivity contribution in [3.8, 4) is 5.82 Å². The fourth-order valence-corrected chi connectivity index (χ4v) is 4.48. The predicted molar refractivity (Wildman–Crippen MR) is 100 cm³/mol. The van der Waals surface area contributed by atoms with Gasteiger partial charge in [-0.15, -0.1) is 0 Å². The molecule has 3 rings (SSSR count). The van der Waals surface area contributed by atoms with Crippen LogP contribution in [0.2, 0.25) is 0 Å². The van der Waals surface area contributed by atoms with Crippen molar-refractivity contribution < 1.29 is 8.42 Å². The second-order valence-corrected chi connectivity index (χ2v) is 9.05. The molecule has 0 atom stereocenters. The third-order valence-electron chi connectivity index (χ3n) is 3.56. The number of hydrogen-bond acceptors (Lipinski definition) is 6. The smallest absolute Gasteiger partial charge is 0.267 e. The maximum atomic E-state index is 12.9. The quantitative estimate of drug-likeness (QED) is 0.502. The molecule has 0 saturated heterocycles. The predicted octanol–water partition coefficient (Wildman–Crippen LogP) is 2.23. The maximum Gasteiger partial charge on any atom is 0.267 e. The van der Waals surface area contributed by atoms with Crippen LogP contribution in [-0.4, -0.2) is 40.7 Å². The number of aromatic nitrogens is 3. The van der Waals surface area contributed by atoms with Crippen molar-refractivity contribution in [1.29, 1.82) is 0 Å². The number of sulfone groups is 1. The first-order valence-corrected chi connectivity index (χ1v) is 10.6. The molecule has 0 bridgehead atoms. The highest BCUT2D eigenvalue weighted by Gasteiger charge is 2.14. The lowest BCUT2D eigenvalue weighted by Crippen LogP contribution is -2.23. The van der Waals surface area contributed by atoms with Gasteiger partial charge in [-0.05, 0) is 30.7 Å². The van der Waals surface area contributed by atoms with Gasteiger partial charge in [0.25, 0.3) is 5.56 Å². The Balaban J connectivity index is 2.14. The molecule has 2 aromatic heterocycles. The highest BCUT2D eigenvalue weighted by molar-refractivity contribution is 8.00. The van der Waals surface area contributed by atoms with Gasteiger partial charge in [0.2, 0.25) is 0 Å². The Morgan fingerprint density at radius 2 is 1.92 bits per heavy atom. The molecule has 0 aliphatic carbocycles. The first-order chi connectivity index (χ1) is 11.8. The zero-order chi connectivity index (χ0) is 18.0. The topological polar surface area (TPSA) is 81.9 Å². The summed E-state index contributed by atoms with van der Waals surface area (Å²) in [5, 5.41) is 0.932. The van der Waals surface area contributed by atoms with E-state index >= 15 is 0 Å². The number of benzene rings is 1. The minimum atomic E-state index is -3.08. The van der Waals surface area contributed by atoms with Crippen LogP contribution in [0, 0.1) is 6.92 Å². The zero-order valence-corrected chi connectivity index (χ0v) is 15.5. The Kier molecular flexibility index (Phi) is 4.91. The number of nitrogens with zero attached hydrogens (tertiary/aromatic N) is 3. The fraction of sp³-hybridized carbons (Fsp3) is 0.235. The fourth-order valence-electron chi connectivity index (χ4n) is 2.29. The summed E-state index contributed by atoms with van der Waals surface area (Å²) in [6, 6.07) is 10.7. The van der Waals surface area contributed by atoms with Crippen molar-refractivity contribution in [3.05, 3.63) is 58.5 Å². The van der Waals surface area contributed by atoms with Gasteiger partial charge in [0.05, 0.1) is 16.7 Å². The Labute approximate surface area is 149 Å². The molecule has 3 aromatic rings. The molecule has 2 heterocycles. The summed E-state index contributed by atoms with van der Waals surface area (Å²) in [6.45, 7) is 1.92. The van der Waals surface area contributed by atoms with Crippen LogP contribution in [0.4, 0.5) is 0 Å². The lowest BCUT2D eigenvalue weighted by atomic mass is 10.2. The lowest BCUT2D eigenvalue weighted by Gasteiger charge is -2.12. The summed E-state index contributed by atoms with van der Waals surface area (Å²) in [7, 11) is -3.08. The van der Waals surface area contributed by atoms with E-state index < -0.39 is 9.84 Å². The van der Waals surface area contributed by atoms with Gasteiger partial charge < -0.3 is 0 Å². The highest BCUT2D eigenvalue weighted by Crippen LogP contribution is 2.20. The first kappa shape index (κ1) is 17.6. The van der Waals surface area contributed by atoms with Crippen LogP contribution in [0.5, 0.6) is 0 Å².